The first kappa shape index (κ1) is 25.2. The van der Waals surface area contributed by atoms with Gasteiger partial charge in [-0.1, -0.05) is 97.1 Å². The molecule has 0 N–H and O–H groups in total. The number of unbranched alkanes of at least 4 members (excludes halogenated alkanes) is 10. The average Bonchev–Trinajstić information content (AvgIpc) is 2.71. The monoisotopic (exact) mass is 404 g/mol. The van der Waals surface area contributed by atoms with Gasteiger partial charge >= 0.3 is 11.9 Å². The maximum absolute atomic E-state index is 12.0. The predicted molar refractivity (Wildman–Crippen MR) is 118 cm³/mol. The molecule has 0 amide bonds. The summed E-state index contributed by atoms with van der Waals surface area (Å²) in [4.78, 5) is 23.4. The highest BCUT2D eigenvalue weighted by Crippen LogP contribution is 2.16. The number of hydrogen-bond donors (Lipinski definition) is 0. The van der Waals surface area contributed by atoms with Crippen molar-refractivity contribution in [1.82, 2.24) is 0 Å². The van der Waals surface area contributed by atoms with Gasteiger partial charge in [-0.15, -0.1) is 0 Å². The fourth-order valence-corrected chi connectivity index (χ4v) is 3.09. The van der Waals surface area contributed by atoms with Crippen LogP contribution in [0, 0.1) is 5.92 Å². The van der Waals surface area contributed by atoms with E-state index in [-0.39, 0.29) is 24.5 Å². The Hall–Kier alpha value is -1.84. The van der Waals surface area contributed by atoms with Crippen LogP contribution in [-0.4, -0.2) is 11.9 Å². The molecule has 0 heterocycles. The van der Waals surface area contributed by atoms with E-state index in [4.69, 9.17) is 9.47 Å². The van der Waals surface area contributed by atoms with Crippen molar-refractivity contribution in [2.75, 3.05) is 0 Å². The summed E-state index contributed by atoms with van der Waals surface area (Å²) in [6.45, 7) is 6.10. The molecule has 4 heteroatoms. The Morgan fingerprint density at radius 3 is 1.83 bits per heavy atom. The Morgan fingerprint density at radius 1 is 0.793 bits per heavy atom. The second-order valence-corrected chi connectivity index (χ2v) is 8.17. The van der Waals surface area contributed by atoms with Crippen molar-refractivity contribution in [2.24, 2.45) is 5.92 Å². The van der Waals surface area contributed by atoms with Crippen LogP contribution >= 0.6 is 0 Å². The van der Waals surface area contributed by atoms with Crippen LogP contribution in [0.25, 0.3) is 0 Å². The third kappa shape index (κ3) is 13.1. The summed E-state index contributed by atoms with van der Waals surface area (Å²) in [6.07, 6.45) is 14.4. The van der Waals surface area contributed by atoms with Gasteiger partial charge in [-0.2, -0.15) is 0 Å². The lowest BCUT2D eigenvalue weighted by atomic mass is 10.1. The van der Waals surface area contributed by atoms with Gasteiger partial charge in [0, 0.05) is 6.42 Å². The fourth-order valence-electron chi connectivity index (χ4n) is 3.09. The summed E-state index contributed by atoms with van der Waals surface area (Å²) >= 11 is 0. The molecule has 0 unspecified atom stereocenters. The van der Waals surface area contributed by atoms with Crippen molar-refractivity contribution < 1.29 is 19.1 Å². The van der Waals surface area contributed by atoms with Gasteiger partial charge in [0.05, 0.1) is 5.92 Å². The van der Waals surface area contributed by atoms with Gasteiger partial charge in [-0.05, 0) is 24.1 Å². The van der Waals surface area contributed by atoms with E-state index in [2.05, 4.69) is 6.92 Å². The molecule has 0 saturated carbocycles. The third-order valence-electron chi connectivity index (χ3n) is 4.99. The minimum absolute atomic E-state index is 0.134. The Morgan fingerprint density at radius 2 is 1.31 bits per heavy atom. The molecule has 0 bridgehead atoms. The smallest absolute Gasteiger partial charge is 0.311 e. The Bertz CT molecular complexity index is 563. The zero-order valence-electron chi connectivity index (χ0n) is 18.7. The Balaban J connectivity index is 2.06. The van der Waals surface area contributed by atoms with Crippen molar-refractivity contribution in [3.8, 4) is 5.75 Å². The molecule has 1 rings (SSSR count). The molecule has 164 valence electrons. The van der Waals surface area contributed by atoms with Crippen LogP contribution in [0.2, 0.25) is 0 Å². The third-order valence-corrected chi connectivity index (χ3v) is 4.99. The molecular formula is C25H40O4. The second kappa shape index (κ2) is 16.0. The van der Waals surface area contributed by atoms with E-state index in [0.717, 1.165) is 18.4 Å². The van der Waals surface area contributed by atoms with E-state index in [1.54, 1.807) is 26.0 Å². The first-order chi connectivity index (χ1) is 14.0. The van der Waals surface area contributed by atoms with Gasteiger partial charge in [0.2, 0.25) is 0 Å². The topological polar surface area (TPSA) is 52.6 Å². The summed E-state index contributed by atoms with van der Waals surface area (Å²) in [5.74, 6) is 0.00942. The molecule has 0 aliphatic rings. The lowest BCUT2D eigenvalue weighted by Crippen LogP contribution is -2.11. The number of hydrogen-bond acceptors (Lipinski definition) is 4. The van der Waals surface area contributed by atoms with Gasteiger partial charge in [0.15, 0.2) is 0 Å². The van der Waals surface area contributed by atoms with Gasteiger partial charge in [-0.25, -0.2) is 0 Å². The molecule has 0 saturated heterocycles. The minimum Gasteiger partial charge on any atom is -0.461 e. The molecule has 0 aliphatic heterocycles. The van der Waals surface area contributed by atoms with E-state index in [1.807, 2.05) is 12.1 Å². The molecule has 0 atom stereocenters. The molecule has 1 aromatic rings. The van der Waals surface area contributed by atoms with E-state index in [9.17, 15) is 9.59 Å². The molecule has 0 aliphatic carbocycles. The summed E-state index contributed by atoms with van der Waals surface area (Å²) in [5.41, 5.74) is 0.879. The first-order valence-electron chi connectivity index (χ1n) is 11.5. The zero-order chi connectivity index (χ0) is 21.3. The predicted octanol–water partition coefficient (Wildman–Crippen LogP) is 6.99. The average molecular weight is 405 g/mol. The summed E-state index contributed by atoms with van der Waals surface area (Å²) in [7, 11) is 0. The van der Waals surface area contributed by atoms with Gasteiger partial charge in [0.1, 0.15) is 12.4 Å². The van der Waals surface area contributed by atoms with Crippen LogP contribution in [0.3, 0.4) is 0 Å². The molecule has 29 heavy (non-hydrogen) atoms. The van der Waals surface area contributed by atoms with Crippen molar-refractivity contribution >= 4 is 11.9 Å². The highest BCUT2D eigenvalue weighted by molar-refractivity contribution is 5.72. The zero-order valence-corrected chi connectivity index (χ0v) is 18.7. The molecule has 1 aromatic carbocycles. The SMILES string of the molecule is CCCCCCCCCCCCCC(=O)Oc1ccc(COC(=O)C(C)C)cc1. The van der Waals surface area contributed by atoms with Gasteiger partial charge in [0.25, 0.3) is 0 Å². The maximum atomic E-state index is 12.0. The van der Waals surface area contributed by atoms with E-state index >= 15 is 0 Å². The molecule has 0 spiro atoms. The quantitative estimate of drug-likeness (QED) is 0.169. The van der Waals surface area contributed by atoms with Crippen LogP contribution in [0.5, 0.6) is 5.75 Å². The van der Waals surface area contributed by atoms with Crippen LogP contribution in [0.1, 0.15) is 103 Å². The largest absolute Gasteiger partial charge is 0.461 e. The van der Waals surface area contributed by atoms with Gasteiger partial charge < -0.3 is 9.47 Å². The first-order valence-corrected chi connectivity index (χ1v) is 11.5. The highest BCUT2D eigenvalue weighted by Gasteiger charge is 2.09. The molecule has 0 radical (unpaired) electrons. The lowest BCUT2D eigenvalue weighted by Gasteiger charge is -2.08. The van der Waals surface area contributed by atoms with E-state index in [1.165, 1.54) is 57.8 Å². The number of carbonyl (C=O) groups excluding carboxylic acids is 2. The number of ether oxygens (including phenoxy) is 2. The normalized spacial score (nSPS) is 10.9. The molecular weight excluding hydrogens is 364 g/mol. The van der Waals surface area contributed by atoms with E-state index in [0.29, 0.717) is 12.2 Å². The number of esters is 2. The van der Waals surface area contributed by atoms with Crippen molar-refractivity contribution in [1.29, 1.82) is 0 Å². The van der Waals surface area contributed by atoms with Crippen molar-refractivity contribution in [3.05, 3.63) is 29.8 Å². The molecule has 4 nitrogen and oxygen atoms in total. The highest BCUT2D eigenvalue weighted by atomic mass is 16.5. The van der Waals surface area contributed by atoms with Crippen LogP contribution < -0.4 is 4.74 Å². The van der Waals surface area contributed by atoms with E-state index < -0.39 is 0 Å². The minimum atomic E-state index is -0.215. The molecule has 0 aromatic heterocycles. The summed E-state index contributed by atoms with van der Waals surface area (Å²) in [6, 6.07) is 7.13. The van der Waals surface area contributed by atoms with Crippen LogP contribution in [0.4, 0.5) is 0 Å². The Labute approximate surface area is 177 Å². The fraction of sp³-hybridized carbons (Fsp3) is 0.680. The number of benzene rings is 1. The van der Waals surface area contributed by atoms with Crippen molar-refractivity contribution in [3.63, 3.8) is 0 Å². The molecule has 0 fully saturated rings. The van der Waals surface area contributed by atoms with Gasteiger partial charge in [-0.3, -0.25) is 9.59 Å². The Kier molecular flexibility index (Phi) is 13.9. The van der Waals surface area contributed by atoms with Crippen LogP contribution in [0.15, 0.2) is 24.3 Å². The van der Waals surface area contributed by atoms with Crippen molar-refractivity contribution in [2.45, 2.75) is 104 Å². The lowest BCUT2D eigenvalue weighted by molar-refractivity contribution is -0.148. The second-order valence-electron chi connectivity index (χ2n) is 8.17. The number of carbonyl (C=O) groups is 2. The summed E-state index contributed by atoms with van der Waals surface area (Å²) in [5, 5.41) is 0. The number of rotatable bonds is 16. The van der Waals surface area contributed by atoms with Crippen LogP contribution in [-0.2, 0) is 20.9 Å². The standard InChI is InChI=1S/C25H40O4/c1-4-5-6-7-8-9-10-11-12-13-14-15-24(26)29-23-18-16-22(17-19-23)20-28-25(27)21(2)3/h16-19,21H,4-15,20H2,1-3H3. The summed E-state index contributed by atoms with van der Waals surface area (Å²) < 4.78 is 10.6. The maximum Gasteiger partial charge on any atom is 0.311 e.